The number of hydrogen-bond acceptors (Lipinski definition) is 5. The maximum atomic E-state index is 14.7. The van der Waals surface area contributed by atoms with Gasteiger partial charge in [0.05, 0.1) is 22.7 Å². The van der Waals surface area contributed by atoms with Crippen LogP contribution < -0.4 is 5.32 Å². The minimum absolute atomic E-state index is 0.246. The van der Waals surface area contributed by atoms with Gasteiger partial charge in [-0.2, -0.15) is 5.10 Å². The fraction of sp³-hybridized carbons (Fsp3) is 0.391. The molecule has 4 aromatic rings. The van der Waals surface area contributed by atoms with Crippen molar-refractivity contribution in [1.29, 1.82) is 0 Å². The van der Waals surface area contributed by atoms with Gasteiger partial charge >= 0.3 is 0 Å². The van der Waals surface area contributed by atoms with Crippen LogP contribution in [-0.2, 0) is 11.5 Å². The molecule has 1 aromatic carbocycles. The standard InChI is InChI=1S/C23H28ClFN6O2Si/c1-5-6-26-23(32)15-12-31(13-33-7-8-34(2,3)4)22-20(15)28-18(11-27-22)21-19-16(25)9-14(24)10-17(19)29-30-21/h9-12H,5-8,13H2,1-4H3,(H,26,32)(H,29,30). The number of hydrogen-bond donors (Lipinski definition) is 2. The molecular weight excluding hydrogens is 475 g/mol. The van der Waals surface area contributed by atoms with Gasteiger partial charge in [-0.05, 0) is 24.6 Å². The number of aromatic amines is 1. The van der Waals surface area contributed by atoms with Crippen molar-refractivity contribution in [2.24, 2.45) is 0 Å². The van der Waals surface area contributed by atoms with Gasteiger partial charge in [-0.3, -0.25) is 9.89 Å². The summed E-state index contributed by atoms with van der Waals surface area (Å²) in [4.78, 5) is 22.1. The van der Waals surface area contributed by atoms with Crippen molar-refractivity contribution in [2.75, 3.05) is 13.2 Å². The van der Waals surface area contributed by atoms with E-state index in [1.165, 1.54) is 12.3 Å². The highest BCUT2D eigenvalue weighted by atomic mass is 35.5. The van der Waals surface area contributed by atoms with E-state index in [0.717, 1.165) is 12.5 Å². The first-order valence-electron chi connectivity index (χ1n) is 11.2. The van der Waals surface area contributed by atoms with E-state index in [9.17, 15) is 9.18 Å². The Morgan fingerprint density at radius 2 is 2.12 bits per heavy atom. The molecule has 3 heterocycles. The molecule has 0 fully saturated rings. The number of carbonyl (C=O) groups is 1. The van der Waals surface area contributed by atoms with Crippen LogP contribution in [0.15, 0.2) is 24.5 Å². The highest BCUT2D eigenvalue weighted by molar-refractivity contribution is 6.76. The van der Waals surface area contributed by atoms with Crippen molar-refractivity contribution in [2.45, 2.75) is 45.8 Å². The number of fused-ring (bicyclic) bond motifs is 2. The predicted octanol–water partition coefficient (Wildman–Crippen LogP) is 5.22. The molecule has 0 aliphatic rings. The van der Waals surface area contributed by atoms with Crippen molar-refractivity contribution in [1.82, 2.24) is 30.0 Å². The maximum absolute atomic E-state index is 14.7. The predicted molar refractivity (Wildman–Crippen MR) is 134 cm³/mol. The Morgan fingerprint density at radius 1 is 1.32 bits per heavy atom. The van der Waals surface area contributed by atoms with Gasteiger partial charge in [-0.1, -0.05) is 38.2 Å². The molecule has 0 saturated heterocycles. The molecule has 0 spiro atoms. The molecule has 2 N–H and O–H groups in total. The number of benzene rings is 1. The number of nitrogens with one attached hydrogen (secondary N) is 2. The fourth-order valence-electron chi connectivity index (χ4n) is 3.57. The van der Waals surface area contributed by atoms with Crippen molar-refractivity contribution in [3.8, 4) is 11.4 Å². The molecule has 11 heteroatoms. The quantitative estimate of drug-likeness (QED) is 0.241. The molecular formula is C23H28ClFN6O2Si. The molecule has 0 saturated carbocycles. The van der Waals surface area contributed by atoms with Crippen LogP contribution in [0, 0.1) is 5.82 Å². The van der Waals surface area contributed by atoms with Gasteiger partial charge in [0.1, 0.15) is 29.5 Å². The van der Waals surface area contributed by atoms with Gasteiger partial charge in [-0.15, -0.1) is 0 Å². The Labute approximate surface area is 202 Å². The van der Waals surface area contributed by atoms with Crippen molar-refractivity contribution >= 4 is 47.6 Å². The van der Waals surface area contributed by atoms with Gasteiger partial charge in [0, 0.05) is 32.4 Å². The molecule has 180 valence electrons. The molecule has 1 amide bonds. The summed E-state index contributed by atoms with van der Waals surface area (Å²) in [5.41, 5.74) is 2.41. The molecule has 0 atom stereocenters. The summed E-state index contributed by atoms with van der Waals surface area (Å²) in [6.07, 6.45) is 4.04. The van der Waals surface area contributed by atoms with E-state index in [4.69, 9.17) is 16.3 Å². The third kappa shape index (κ3) is 5.13. The van der Waals surface area contributed by atoms with Crippen LogP contribution in [0.5, 0.6) is 0 Å². The fourth-order valence-corrected chi connectivity index (χ4v) is 4.53. The highest BCUT2D eigenvalue weighted by Crippen LogP contribution is 2.31. The Morgan fingerprint density at radius 3 is 2.85 bits per heavy atom. The second-order valence-electron chi connectivity index (χ2n) is 9.43. The van der Waals surface area contributed by atoms with Crippen molar-refractivity contribution in [3.05, 3.63) is 40.9 Å². The van der Waals surface area contributed by atoms with E-state index >= 15 is 0 Å². The van der Waals surface area contributed by atoms with Crippen LogP contribution in [0.1, 0.15) is 23.7 Å². The molecule has 0 radical (unpaired) electrons. The lowest BCUT2D eigenvalue weighted by molar-refractivity contribution is 0.0892. The first-order valence-corrected chi connectivity index (χ1v) is 15.3. The number of aromatic nitrogens is 5. The van der Waals surface area contributed by atoms with Crippen LogP contribution in [0.2, 0.25) is 30.7 Å². The third-order valence-electron chi connectivity index (χ3n) is 5.39. The van der Waals surface area contributed by atoms with Crippen molar-refractivity contribution < 1.29 is 13.9 Å². The summed E-state index contributed by atoms with van der Waals surface area (Å²) >= 11 is 5.96. The molecule has 4 rings (SSSR count). The first kappa shape index (κ1) is 24.3. The summed E-state index contributed by atoms with van der Waals surface area (Å²) in [6.45, 7) is 10.3. The lowest BCUT2D eigenvalue weighted by Gasteiger charge is -2.15. The smallest absolute Gasteiger partial charge is 0.255 e. The number of ether oxygens (including phenoxy) is 1. The topological polar surface area (TPSA) is 97.7 Å². The van der Waals surface area contributed by atoms with Crippen LogP contribution in [-0.4, -0.2) is 51.9 Å². The van der Waals surface area contributed by atoms with E-state index < -0.39 is 13.9 Å². The zero-order chi connectivity index (χ0) is 24.5. The van der Waals surface area contributed by atoms with Crippen LogP contribution in [0.4, 0.5) is 4.39 Å². The van der Waals surface area contributed by atoms with Crippen molar-refractivity contribution in [3.63, 3.8) is 0 Å². The largest absolute Gasteiger partial charge is 0.361 e. The zero-order valence-corrected chi connectivity index (χ0v) is 21.5. The summed E-state index contributed by atoms with van der Waals surface area (Å²) in [5, 5.41) is 10.4. The van der Waals surface area contributed by atoms with Crippen LogP contribution in [0.25, 0.3) is 33.5 Å². The summed E-state index contributed by atoms with van der Waals surface area (Å²) in [7, 11) is -1.22. The lowest BCUT2D eigenvalue weighted by atomic mass is 10.1. The average molecular weight is 503 g/mol. The second kappa shape index (κ2) is 9.81. The van der Waals surface area contributed by atoms with Gasteiger partial charge in [0.15, 0.2) is 5.65 Å². The summed E-state index contributed by atoms with van der Waals surface area (Å²) in [6, 6.07) is 3.86. The maximum Gasteiger partial charge on any atom is 0.255 e. The Bertz CT molecular complexity index is 1350. The normalized spacial score (nSPS) is 12.1. The van der Waals surface area contributed by atoms with E-state index in [1.54, 1.807) is 16.8 Å². The molecule has 8 nitrogen and oxygen atoms in total. The number of nitrogens with zero attached hydrogens (tertiary/aromatic N) is 4. The monoisotopic (exact) mass is 502 g/mol. The van der Waals surface area contributed by atoms with Crippen LogP contribution in [0.3, 0.4) is 0 Å². The van der Waals surface area contributed by atoms with Crippen LogP contribution >= 0.6 is 11.6 Å². The third-order valence-corrected chi connectivity index (χ3v) is 7.32. The molecule has 0 aliphatic heterocycles. The van der Waals surface area contributed by atoms with E-state index in [0.29, 0.717) is 46.8 Å². The number of halogens is 2. The summed E-state index contributed by atoms with van der Waals surface area (Å²) < 4.78 is 22.3. The minimum Gasteiger partial charge on any atom is -0.361 e. The summed E-state index contributed by atoms with van der Waals surface area (Å²) in [5.74, 6) is -0.758. The first-order chi connectivity index (χ1) is 16.2. The lowest BCUT2D eigenvalue weighted by Crippen LogP contribution is -2.24. The minimum atomic E-state index is -1.22. The van der Waals surface area contributed by atoms with Gasteiger partial charge in [0.2, 0.25) is 0 Å². The number of H-pyrrole nitrogens is 1. The van der Waals surface area contributed by atoms with Gasteiger partial charge in [0.25, 0.3) is 5.91 Å². The molecule has 34 heavy (non-hydrogen) atoms. The number of amides is 1. The van der Waals surface area contributed by atoms with E-state index in [1.807, 2.05) is 6.92 Å². The number of rotatable bonds is 9. The van der Waals surface area contributed by atoms with Gasteiger partial charge < -0.3 is 14.6 Å². The zero-order valence-electron chi connectivity index (χ0n) is 19.7. The number of carbonyl (C=O) groups excluding carboxylic acids is 1. The highest BCUT2D eigenvalue weighted by Gasteiger charge is 2.21. The van der Waals surface area contributed by atoms with E-state index in [-0.39, 0.29) is 23.0 Å². The second-order valence-corrected chi connectivity index (χ2v) is 15.5. The van der Waals surface area contributed by atoms with Gasteiger partial charge in [-0.25, -0.2) is 14.4 Å². The molecule has 3 aromatic heterocycles. The van der Waals surface area contributed by atoms with E-state index in [2.05, 4.69) is 45.1 Å². The average Bonchev–Trinajstić information content (AvgIpc) is 3.36. The molecule has 0 unspecified atom stereocenters. The SMILES string of the molecule is CCCNC(=O)c1cn(COCC[Si](C)(C)C)c2ncc(-c3n[nH]c4cc(Cl)cc(F)c34)nc12. The Kier molecular flexibility index (Phi) is 7.01. The Hall–Kier alpha value is -2.82. The molecule has 0 aliphatic carbocycles. The molecule has 0 bridgehead atoms. The Balaban J connectivity index is 1.74.